The van der Waals surface area contributed by atoms with E-state index in [1.807, 2.05) is 0 Å². The van der Waals surface area contributed by atoms with Gasteiger partial charge in [-0.15, -0.1) is 0 Å². The lowest BCUT2D eigenvalue weighted by Gasteiger charge is -1.98. The number of hydrogen-bond acceptors (Lipinski definition) is 6. The van der Waals surface area contributed by atoms with Crippen LogP contribution in [0, 0.1) is 10.1 Å². The molecule has 0 radical (unpaired) electrons. The minimum atomic E-state index is -0.458. The Balaban J connectivity index is 1.95. The number of nitrogens with one attached hydrogen (secondary N) is 1. The molecule has 0 spiro atoms. The lowest BCUT2D eigenvalue weighted by atomic mass is 10.1. The molecule has 2 aromatic rings. The molecule has 110 valence electrons. The van der Waals surface area contributed by atoms with Gasteiger partial charge in [-0.05, 0) is 36.0 Å². The third kappa shape index (κ3) is 2.78. The smallest absolute Gasteiger partial charge is 0.289 e. The average molecular weight is 332 g/mol. The van der Waals surface area contributed by atoms with E-state index in [0.29, 0.717) is 27.0 Å². The maximum Gasteiger partial charge on any atom is 0.289 e. The summed E-state index contributed by atoms with van der Waals surface area (Å²) >= 11 is 6.00. The Hall–Kier alpha value is -2.45. The SMILES string of the molecule is O=C1NC(=S)/C(=C\c2ccc(-c3ccccc3[N+](=O)[O-])o2)S1. The molecular formula is C14H8N2O4S2. The molecule has 0 unspecified atom stereocenters. The van der Waals surface area contributed by atoms with Crippen LogP contribution < -0.4 is 5.32 Å². The third-order valence-corrected chi connectivity index (χ3v) is 4.19. The highest BCUT2D eigenvalue weighted by Gasteiger charge is 2.22. The zero-order chi connectivity index (χ0) is 15.7. The number of carbonyl (C=O) groups is 1. The first-order chi connectivity index (χ1) is 10.5. The summed E-state index contributed by atoms with van der Waals surface area (Å²) in [6.45, 7) is 0. The molecule has 0 aliphatic carbocycles. The van der Waals surface area contributed by atoms with Crippen molar-refractivity contribution in [3.63, 3.8) is 0 Å². The monoisotopic (exact) mass is 332 g/mol. The topological polar surface area (TPSA) is 85.4 Å². The van der Waals surface area contributed by atoms with Crippen molar-refractivity contribution in [1.29, 1.82) is 0 Å². The van der Waals surface area contributed by atoms with Crippen LogP contribution in [-0.2, 0) is 0 Å². The Morgan fingerprint density at radius 3 is 2.73 bits per heavy atom. The van der Waals surface area contributed by atoms with Crippen LogP contribution in [0.2, 0.25) is 0 Å². The van der Waals surface area contributed by atoms with Gasteiger partial charge < -0.3 is 9.73 Å². The van der Waals surface area contributed by atoms with Gasteiger partial charge in [0.25, 0.3) is 10.9 Å². The van der Waals surface area contributed by atoms with Crippen LogP contribution in [0.5, 0.6) is 0 Å². The fourth-order valence-corrected chi connectivity index (χ4v) is 2.98. The van der Waals surface area contributed by atoms with Crippen LogP contribution in [0.15, 0.2) is 45.7 Å². The Bertz CT molecular complexity index is 826. The molecule has 1 aromatic carbocycles. The number of nitro groups is 1. The van der Waals surface area contributed by atoms with Crippen LogP contribution in [0.1, 0.15) is 5.76 Å². The minimum Gasteiger partial charge on any atom is -0.456 e. The van der Waals surface area contributed by atoms with Crippen molar-refractivity contribution < 1.29 is 14.1 Å². The Kier molecular flexibility index (Phi) is 3.78. The standard InChI is InChI=1S/C14H8N2O4S2/c17-14-15-13(21)12(22-14)7-8-5-6-11(20-8)9-3-1-2-4-10(9)16(18)19/h1-7H,(H,15,17,21)/b12-7+. The van der Waals surface area contributed by atoms with Crippen molar-refractivity contribution >= 4 is 46.0 Å². The molecule has 6 nitrogen and oxygen atoms in total. The quantitative estimate of drug-likeness (QED) is 0.396. The number of nitro benzene ring substituents is 1. The molecule has 1 amide bonds. The molecule has 1 aliphatic rings. The Labute approximate surface area is 134 Å². The molecule has 8 heteroatoms. The van der Waals surface area contributed by atoms with Gasteiger partial charge >= 0.3 is 0 Å². The first kappa shape index (κ1) is 14.5. The van der Waals surface area contributed by atoms with Gasteiger partial charge in [0.1, 0.15) is 16.5 Å². The predicted octanol–water partition coefficient (Wildman–Crippen LogP) is 3.98. The second-order valence-corrected chi connectivity index (χ2v) is 5.75. The fourth-order valence-electron chi connectivity index (χ4n) is 1.97. The summed E-state index contributed by atoms with van der Waals surface area (Å²) in [6.07, 6.45) is 1.63. The summed E-state index contributed by atoms with van der Waals surface area (Å²) in [4.78, 5) is 22.7. The van der Waals surface area contributed by atoms with Gasteiger partial charge in [-0.25, -0.2) is 0 Å². The number of furan rings is 1. The maximum absolute atomic E-state index is 11.2. The van der Waals surface area contributed by atoms with E-state index < -0.39 is 4.92 Å². The first-order valence-electron chi connectivity index (χ1n) is 6.13. The van der Waals surface area contributed by atoms with Crippen molar-refractivity contribution in [2.45, 2.75) is 0 Å². The number of thiocarbonyl (C=S) groups is 1. The summed E-state index contributed by atoms with van der Waals surface area (Å²) in [6, 6.07) is 9.65. The zero-order valence-corrected chi connectivity index (χ0v) is 12.6. The number of para-hydroxylation sites is 1. The average Bonchev–Trinajstić information content (AvgIpc) is 3.06. The van der Waals surface area contributed by atoms with Crippen LogP contribution >= 0.6 is 24.0 Å². The Morgan fingerprint density at radius 2 is 2.05 bits per heavy atom. The van der Waals surface area contributed by atoms with E-state index >= 15 is 0 Å². The van der Waals surface area contributed by atoms with Crippen LogP contribution in [0.4, 0.5) is 10.5 Å². The number of amides is 1. The van der Waals surface area contributed by atoms with E-state index in [4.69, 9.17) is 16.6 Å². The van der Waals surface area contributed by atoms with E-state index in [2.05, 4.69) is 5.32 Å². The molecule has 0 saturated carbocycles. The second kappa shape index (κ2) is 5.74. The van der Waals surface area contributed by atoms with Gasteiger partial charge in [0.05, 0.1) is 15.4 Å². The molecule has 1 saturated heterocycles. The summed E-state index contributed by atoms with van der Waals surface area (Å²) in [5, 5.41) is 13.3. The van der Waals surface area contributed by atoms with E-state index in [0.717, 1.165) is 11.8 Å². The highest BCUT2D eigenvalue weighted by molar-refractivity contribution is 8.19. The molecule has 2 heterocycles. The van der Waals surface area contributed by atoms with Gasteiger partial charge in [0.15, 0.2) is 0 Å². The van der Waals surface area contributed by atoms with Crippen LogP contribution in [0.25, 0.3) is 17.4 Å². The molecule has 1 N–H and O–H groups in total. The van der Waals surface area contributed by atoms with Crippen molar-refractivity contribution in [1.82, 2.24) is 5.32 Å². The molecule has 0 atom stereocenters. The van der Waals surface area contributed by atoms with E-state index in [1.165, 1.54) is 6.07 Å². The lowest BCUT2D eigenvalue weighted by molar-refractivity contribution is -0.384. The van der Waals surface area contributed by atoms with Gasteiger partial charge in [-0.3, -0.25) is 14.9 Å². The number of carbonyl (C=O) groups excluding carboxylic acids is 1. The first-order valence-corrected chi connectivity index (χ1v) is 7.35. The van der Waals surface area contributed by atoms with E-state index in [1.54, 1.807) is 36.4 Å². The Morgan fingerprint density at radius 1 is 1.27 bits per heavy atom. The van der Waals surface area contributed by atoms with Gasteiger partial charge in [-0.2, -0.15) is 0 Å². The minimum absolute atomic E-state index is 0.0290. The van der Waals surface area contributed by atoms with Gasteiger partial charge in [0.2, 0.25) is 0 Å². The number of hydrogen-bond donors (Lipinski definition) is 1. The summed E-state index contributed by atoms with van der Waals surface area (Å²) < 4.78 is 5.61. The van der Waals surface area contributed by atoms with E-state index in [9.17, 15) is 14.9 Å². The van der Waals surface area contributed by atoms with Crippen LogP contribution in [0.3, 0.4) is 0 Å². The summed E-state index contributed by atoms with van der Waals surface area (Å²) in [5.74, 6) is 0.849. The molecule has 1 fully saturated rings. The predicted molar refractivity (Wildman–Crippen MR) is 87.5 cm³/mol. The van der Waals surface area contributed by atoms with Crippen molar-refractivity contribution in [3.8, 4) is 11.3 Å². The molecule has 0 bridgehead atoms. The van der Waals surface area contributed by atoms with Crippen molar-refractivity contribution in [3.05, 3.63) is 57.2 Å². The number of benzene rings is 1. The van der Waals surface area contributed by atoms with Gasteiger partial charge in [0, 0.05) is 6.07 Å². The lowest BCUT2D eigenvalue weighted by Crippen LogP contribution is -2.15. The molecule has 3 rings (SSSR count). The largest absolute Gasteiger partial charge is 0.456 e. The molecule has 1 aliphatic heterocycles. The van der Waals surface area contributed by atoms with Crippen LogP contribution in [-0.4, -0.2) is 15.2 Å². The molecule has 22 heavy (non-hydrogen) atoms. The van der Waals surface area contributed by atoms with Crippen molar-refractivity contribution in [2.24, 2.45) is 0 Å². The molecular weight excluding hydrogens is 324 g/mol. The number of rotatable bonds is 3. The van der Waals surface area contributed by atoms with Crippen molar-refractivity contribution in [2.75, 3.05) is 0 Å². The summed E-state index contributed by atoms with van der Waals surface area (Å²) in [7, 11) is 0. The van der Waals surface area contributed by atoms with E-state index in [-0.39, 0.29) is 10.9 Å². The molecule has 1 aromatic heterocycles. The maximum atomic E-state index is 11.2. The highest BCUT2D eigenvalue weighted by atomic mass is 32.2. The third-order valence-electron chi connectivity index (χ3n) is 2.91. The second-order valence-electron chi connectivity index (χ2n) is 4.33. The fraction of sp³-hybridized carbons (Fsp3) is 0. The number of thioether (sulfide) groups is 1. The normalized spacial score (nSPS) is 16.1. The highest BCUT2D eigenvalue weighted by Crippen LogP contribution is 2.33. The summed E-state index contributed by atoms with van der Waals surface area (Å²) in [5.41, 5.74) is 0.367. The van der Waals surface area contributed by atoms with Gasteiger partial charge in [-0.1, -0.05) is 24.4 Å². The number of nitrogens with zero attached hydrogens (tertiary/aromatic N) is 1. The zero-order valence-electron chi connectivity index (χ0n) is 10.9.